The molecule has 3 aromatic rings. The summed E-state index contributed by atoms with van der Waals surface area (Å²) in [4.78, 5) is 16.9. The molecule has 3 rings (SSSR count). The molecule has 0 spiro atoms. The van der Waals surface area contributed by atoms with Crippen molar-refractivity contribution in [2.24, 2.45) is 0 Å². The summed E-state index contributed by atoms with van der Waals surface area (Å²) in [5.74, 6) is 0.306. The molecular formula is C21H19ClN2O4S. The van der Waals surface area contributed by atoms with E-state index in [1.54, 1.807) is 24.3 Å². The molecule has 2 aromatic carbocycles. The molecule has 1 N–H and O–H groups in total. The molecule has 1 heterocycles. The van der Waals surface area contributed by atoms with Crippen molar-refractivity contribution < 1.29 is 17.9 Å². The van der Waals surface area contributed by atoms with Crippen molar-refractivity contribution in [3.8, 4) is 11.6 Å². The molecule has 0 aliphatic carbocycles. The smallest absolute Gasteiger partial charge is 0.245 e. The molecule has 0 aliphatic rings. The summed E-state index contributed by atoms with van der Waals surface area (Å²) >= 11 is 5.82. The minimum atomic E-state index is -3.94. The number of para-hydroxylation sites is 1. The largest absolute Gasteiger partial charge is 0.439 e. The third-order valence-corrected chi connectivity index (χ3v) is 6.98. The predicted octanol–water partition coefficient (Wildman–Crippen LogP) is 4.72. The third-order valence-electron chi connectivity index (χ3n) is 4.30. The van der Waals surface area contributed by atoms with Gasteiger partial charge in [0.1, 0.15) is 10.5 Å². The van der Waals surface area contributed by atoms with Gasteiger partial charge in [-0.05, 0) is 56.3 Å². The number of ether oxygens (including phenoxy) is 1. The van der Waals surface area contributed by atoms with E-state index in [0.717, 1.165) is 0 Å². The number of halogens is 1. The third kappa shape index (κ3) is 4.58. The van der Waals surface area contributed by atoms with Crippen molar-refractivity contribution in [1.82, 2.24) is 4.98 Å². The average Bonchev–Trinajstić information content (AvgIpc) is 2.70. The molecule has 150 valence electrons. The highest BCUT2D eigenvalue weighted by Gasteiger charge is 2.42. The fourth-order valence-corrected chi connectivity index (χ4v) is 3.94. The molecule has 0 fully saturated rings. The van der Waals surface area contributed by atoms with Crippen LogP contribution in [0.5, 0.6) is 11.6 Å². The number of aromatic nitrogens is 1. The first-order chi connectivity index (χ1) is 13.7. The summed E-state index contributed by atoms with van der Waals surface area (Å²) in [7, 11) is -3.94. The van der Waals surface area contributed by atoms with Crippen molar-refractivity contribution in [3.63, 3.8) is 0 Å². The minimum absolute atomic E-state index is 0.0202. The fourth-order valence-electron chi connectivity index (χ4n) is 2.44. The van der Waals surface area contributed by atoms with E-state index in [4.69, 9.17) is 16.3 Å². The van der Waals surface area contributed by atoms with Gasteiger partial charge in [-0.3, -0.25) is 4.79 Å². The number of amides is 1. The van der Waals surface area contributed by atoms with Crippen LogP contribution < -0.4 is 10.1 Å². The Labute approximate surface area is 174 Å². The van der Waals surface area contributed by atoms with Gasteiger partial charge in [0, 0.05) is 11.1 Å². The molecule has 0 atom stereocenters. The van der Waals surface area contributed by atoms with Gasteiger partial charge >= 0.3 is 0 Å². The predicted molar refractivity (Wildman–Crippen MR) is 112 cm³/mol. The number of nitrogens with one attached hydrogen (secondary N) is 1. The van der Waals surface area contributed by atoms with E-state index in [1.165, 1.54) is 44.3 Å². The summed E-state index contributed by atoms with van der Waals surface area (Å²) in [5.41, 5.74) is 0.356. The monoisotopic (exact) mass is 430 g/mol. The molecule has 0 bridgehead atoms. The SMILES string of the molecule is CC(C)(C(=O)Nc1ccc(Oc2ccccc2)nc1)S(=O)(=O)c1ccc(Cl)cc1. The quantitative estimate of drug-likeness (QED) is 0.611. The summed E-state index contributed by atoms with van der Waals surface area (Å²) in [6, 6.07) is 18.0. The van der Waals surface area contributed by atoms with Crippen LogP contribution in [-0.4, -0.2) is 24.1 Å². The maximum absolute atomic E-state index is 12.9. The highest BCUT2D eigenvalue weighted by atomic mass is 35.5. The summed E-state index contributed by atoms with van der Waals surface area (Å²) in [5, 5.41) is 3.01. The van der Waals surface area contributed by atoms with Crippen LogP contribution in [0, 0.1) is 0 Å². The Bertz CT molecular complexity index is 1100. The highest BCUT2D eigenvalue weighted by molar-refractivity contribution is 7.93. The fraction of sp³-hybridized carbons (Fsp3) is 0.143. The number of sulfone groups is 1. The number of anilines is 1. The molecular weight excluding hydrogens is 412 g/mol. The lowest BCUT2D eigenvalue weighted by molar-refractivity contribution is -0.117. The number of benzene rings is 2. The molecule has 29 heavy (non-hydrogen) atoms. The molecule has 0 radical (unpaired) electrons. The van der Waals surface area contributed by atoms with Gasteiger partial charge in [0.25, 0.3) is 0 Å². The molecule has 6 nitrogen and oxygen atoms in total. The Morgan fingerprint density at radius 2 is 1.66 bits per heavy atom. The van der Waals surface area contributed by atoms with Crippen LogP contribution in [0.2, 0.25) is 5.02 Å². The second kappa shape index (κ2) is 8.23. The van der Waals surface area contributed by atoms with E-state index in [0.29, 0.717) is 22.3 Å². The van der Waals surface area contributed by atoms with Crippen molar-refractivity contribution >= 4 is 33.0 Å². The normalized spacial score (nSPS) is 11.7. The van der Waals surface area contributed by atoms with E-state index in [1.807, 2.05) is 18.2 Å². The lowest BCUT2D eigenvalue weighted by atomic mass is 10.2. The van der Waals surface area contributed by atoms with Crippen LogP contribution in [0.4, 0.5) is 5.69 Å². The Balaban J connectivity index is 1.73. The molecule has 0 aliphatic heterocycles. The number of nitrogens with zero attached hydrogens (tertiary/aromatic N) is 1. The summed E-state index contributed by atoms with van der Waals surface area (Å²) in [6.45, 7) is 2.71. The second-order valence-electron chi connectivity index (χ2n) is 6.72. The van der Waals surface area contributed by atoms with Crippen molar-refractivity contribution in [1.29, 1.82) is 0 Å². The van der Waals surface area contributed by atoms with Gasteiger partial charge in [0.15, 0.2) is 9.84 Å². The molecule has 0 saturated heterocycles. The van der Waals surface area contributed by atoms with Crippen LogP contribution in [0.15, 0.2) is 77.8 Å². The molecule has 0 unspecified atom stereocenters. The van der Waals surface area contributed by atoms with E-state index in [-0.39, 0.29) is 4.90 Å². The summed E-state index contributed by atoms with van der Waals surface area (Å²) < 4.78 is 29.7. The van der Waals surface area contributed by atoms with Crippen molar-refractivity contribution in [2.45, 2.75) is 23.5 Å². The van der Waals surface area contributed by atoms with Gasteiger partial charge in [-0.2, -0.15) is 0 Å². The van der Waals surface area contributed by atoms with Gasteiger partial charge in [0.2, 0.25) is 11.8 Å². The number of hydrogen-bond acceptors (Lipinski definition) is 5. The van der Waals surface area contributed by atoms with Crippen molar-refractivity contribution in [3.05, 3.63) is 77.9 Å². The Morgan fingerprint density at radius 3 is 2.24 bits per heavy atom. The van der Waals surface area contributed by atoms with Gasteiger partial charge in [0.05, 0.1) is 16.8 Å². The average molecular weight is 431 g/mol. The maximum Gasteiger partial charge on any atom is 0.245 e. The highest BCUT2D eigenvalue weighted by Crippen LogP contribution is 2.28. The Morgan fingerprint density at radius 1 is 1.00 bits per heavy atom. The van der Waals surface area contributed by atoms with E-state index in [2.05, 4.69) is 10.3 Å². The number of carbonyl (C=O) groups is 1. The van der Waals surface area contributed by atoms with E-state index in [9.17, 15) is 13.2 Å². The van der Waals surface area contributed by atoms with Gasteiger partial charge in [-0.25, -0.2) is 13.4 Å². The Hall–Kier alpha value is -2.90. The van der Waals surface area contributed by atoms with Crippen LogP contribution in [0.1, 0.15) is 13.8 Å². The zero-order valence-corrected chi connectivity index (χ0v) is 17.4. The first-order valence-electron chi connectivity index (χ1n) is 8.71. The van der Waals surface area contributed by atoms with Crippen LogP contribution in [0.3, 0.4) is 0 Å². The van der Waals surface area contributed by atoms with Gasteiger partial charge in [-0.1, -0.05) is 29.8 Å². The van der Waals surface area contributed by atoms with Crippen molar-refractivity contribution in [2.75, 3.05) is 5.32 Å². The molecule has 1 amide bonds. The maximum atomic E-state index is 12.9. The van der Waals surface area contributed by atoms with Gasteiger partial charge in [-0.15, -0.1) is 0 Å². The molecule has 0 saturated carbocycles. The topological polar surface area (TPSA) is 85.4 Å². The second-order valence-corrected chi connectivity index (χ2v) is 9.66. The summed E-state index contributed by atoms with van der Waals surface area (Å²) in [6.07, 6.45) is 1.40. The van der Waals surface area contributed by atoms with Crippen LogP contribution in [0.25, 0.3) is 0 Å². The van der Waals surface area contributed by atoms with Crippen LogP contribution >= 0.6 is 11.6 Å². The molecule has 1 aromatic heterocycles. The van der Waals surface area contributed by atoms with Crippen LogP contribution in [-0.2, 0) is 14.6 Å². The first kappa shape index (κ1) is 20.8. The molecule has 8 heteroatoms. The van der Waals surface area contributed by atoms with Gasteiger partial charge < -0.3 is 10.1 Å². The number of hydrogen-bond donors (Lipinski definition) is 1. The minimum Gasteiger partial charge on any atom is -0.439 e. The van der Waals surface area contributed by atoms with E-state index < -0.39 is 20.5 Å². The lowest BCUT2D eigenvalue weighted by Crippen LogP contribution is -2.44. The Kier molecular flexibility index (Phi) is 5.91. The number of rotatable bonds is 6. The lowest BCUT2D eigenvalue weighted by Gasteiger charge is -2.24. The zero-order chi connectivity index (χ0) is 21.1. The van der Waals surface area contributed by atoms with E-state index >= 15 is 0 Å². The standard InChI is InChI=1S/C21H19ClN2O4S/c1-21(2,29(26,27)18-11-8-15(22)9-12-18)20(25)24-16-10-13-19(23-14-16)28-17-6-4-3-5-7-17/h3-14H,1-2H3,(H,24,25). The number of carbonyl (C=O) groups excluding carboxylic acids is 1. The first-order valence-corrected chi connectivity index (χ1v) is 10.6. The number of pyridine rings is 1. The zero-order valence-electron chi connectivity index (χ0n) is 15.8.